The summed E-state index contributed by atoms with van der Waals surface area (Å²) >= 11 is 0. The Morgan fingerprint density at radius 3 is 2.56 bits per heavy atom. The van der Waals surface area contributed by atoms with Crippen molar-refractivity contribution < 1.29 is 0 Å². The van der Waals surface area contributed by atoms with Gasteiger partial charge < -0.3 is 10.2 Å². The summed E-state index contributed by atoms with van der Waals surface area (Å²) in [7, 11) is 0. The average Bonchev–Trinajstić information content (AvgIpc) is 2.94. The summed E-state index contributed by atoms with van der Waals surface area (Å²) in [6.07, 6.45) is 5.31. The van der Waals surface area contributed by atoms with Gasteiger partial charge in [0, 0.05) is 31.6 Å². The fraction of sp³-hybridized carbons (Fsp3) is 0.450. The molecule has 1 N–H and O–H groups in total. The lowest BCUT2D eigenvalue weighted by molar-refractivity contribution is 0.413. The third-order valence-electron chi connectivity index (χ3n) is 5.56. The lowest BCUT2D eigenvalue weighted by atomic mass is 9.74. The smallest absolute Gasteiger partial charge is 0.135 e. The summed E-state index contributed by atoms with van der Waals surface area (Å²) in [6, 6.07) is 12.8. The molecule has 0 amide bonds. The molecule has 1 saturated heterocycles. The van der Waals surface area contributed by atoms with E-state index in [0.717, 1.165) is 63.2 Å². The molecule has 1 fully saturated rings. The molecule has 2 aliphatic heterocycles. The fourth-order valence-electron chi connectivity index (χ4n) is 4.05. The molecule has 1 aromatic carbocycles. The quantitative estimate of drug-likeness (QED) is 0.913. The van der Waals surface area contributed by atoms with Gasteiger partial charge in [-0.05, 0) is 31.4 Å². The van der Waals surface area contributed by atoms with E-state index < -0.39 is 0 Å². The third kappa shape index (κ3) is 2.98. The Kier molecular flexibility index (Phi) is 4.37. The minimum Gasteiger partial charge on any atom is -0.356 e. The maximum absolute atomic E-state index is 9.88. The van der Waals surface area contributed by atoms with Crippen LogP contribution in [0.2, 0.25) is 0 Å². The van der Waals surface area contributed by atoms with E-state index in [9.17, 15) is 5.26 Å². The first-order chi connectivity index (χ1) is 12.3. The minimum absolute atomic E-state index is 0.372. The number of hydrogen-bond acceptors (Lipinski definition) is 5. The summed E-state index contributed by atoms with van der Waals surface area (Å²) in [5, 5.41) is 13.3. The third-order valence-corrected chi connectivity index (χ3v) is 5.56. The largest absolute Gasteiger partial charge is 0.356 e. The maximum atomic E-state index is 9.88. The van der Waals surface area contributed by atoms with Crippen LogP contribution in [0.3, 0.4) is 0 Å². The Balaban J connectivity index is 1.58. The van der Waals surface area contributed by atoms with Gasteiger partial charge in [0.05, 0.1) is 17.2 Å². The first-order valence-electron chi connectivity index (χ1n) is 9.08. The zero-order valence-electron chi connectivity index (χ0n) is 14.4. The molecule has 0 unspecified atom stereocenters. The van der Waals surface area contributed by atoms with Gasteiger partial charge in [-0.25, -0.2) is 9.97 Å². The molecule has 25 heavy (non-hydrogen) atoms. The summed E-state index contributed by atoms with van der Waals surface area (Å²) in [5.74, 6) is 1.08. The highest BCUT2D eigenvalue weighted by molar-refractivity contribution is 5.51. The van der Waals surface area contributed by atoms with E-state index in [4.69, 9.17) is 0 Å². The number of anilines is 1. The molecule has 3 heterocycles. The molecular formula is C20H23N5. The number of benzene rings is 1. The van der Waals surface area contributed by atoms with Gasteiger partial charge >= 0.3 is 0 Å². The zero-order chi connectivity index (χ0) is 17.1. The van der Waals surface area contributed by atoms with Gasteiger partial charge in [0.2, 0.25) is 0 Å². The first-order valence-corrected chi connectivity index (χ1v) is 9.08. The Morgan fingerprint density at radius 2 is 1.80 bits per heavy atom. The predicted octanol–water partition coefficient (Wildman–Crippen LogP) is 2.23. The SMILES string of the molecule is N#CC1(c2ccccc2)CCN(c2ncnc3c2CCNCC3)CC1. The Morgan fingerprint density at radius 1 is 1.04 bits per heavy atom. The molecule has 0 saturated carbocycles. The monoisotopic (exact) mass is 333 g/mol. The maximum Gasteiger partial charge on any atom is 0.135 e. The van der Waals surface area contributed by atoms with Crippen LogP contribution in [0.15, 0.2) is 36.7 Å². The number of aromatic nitrogens is 2. The van der Waals surface area contributed by atoms with E-state index in [1.165, 1.54) is 11.3 Å². The van der Waals surface area contributed by atoms with Gasteiger partial charge in [-0.3, -0.25) is 0 Å². The number of rotatable bonds is 2. The van der Waals surface area contributed by atoms with Gasteiger partial charge in [-0.15, -0.1) is 0 Å². The van der Waals surface area contributed by atoms with E-state index in [2.05, 4.69) is 38.4 Å². The van der Waals surface area contributed by atoms with Crippen molar-refractivity contribution in [3.8, 4) is 6.07 Å². The van der Waals surface area contributed by atoms with Crippen LogP contribution in [0.25, 0.3) is 0 Å². The molecule has 0 bridgehead atoms. The minimum atomic E-state index is -0.372. The molecule has 0 spiro atoms. The van der Waals surface area contributed by atoms with Gasteiger partial charge in [0.25, 0.3) is 0 Å². The second-order valence-electron chi connectivity index (χ2n) is 6.92. The lowest BCUT2D eigenvalue weighted by Crippen LogP contribution is -2.42. The van der Waals surface area contributed by atoms with Crippen molar-refractivity contribution in [3.05, 3.63) is 53.5 Å². The molecular weight excluding hydrogens is 310 g/mol. The number of nitrogens with one attached hydrogen (secondary N) is 1. The van der Waals surface area contributed by atoms with Crippen LogP contribution < -0.4 is 10.2 Å². The predicted molar refractivity (Wildman–Crippen MR) is 97.5 cm³/mol. The summed E-state index contributed by atoms with van der Waals surface area (Å²) < 4.78 is 0. The second-order valence-corrected chi connectivity index (χ2v) is 6.92. The summed E-state index contributed by atoms with van der Waals surface area (Å²) in [5.41, 5.74) is 3.23. The van der Waals surface area contributed by atoms with E-state index in [-0.39, 0.29) is 5.41 Å². The highest BCUT2D eigenvalue weighted by atomic mass is 15.2. The van der Waals surface area contributed by atoms with Crippen LogP contribution in [0, 0.1) is 11.3 Å². The van der Waals surface area contributed by atoms with Crippen LogP contribution in [-0.4, -0.2) is 36.1 Å². The van der Waals surface area contributed by atoms with E-state index in [1.54, 1.807) is 6.33 Å². The van der Waals surface area contributed by atoms with Crippen LogP contribution >= 0.6 is 0 Å². The van der Waals surface area contributed by atoms with Crippen LogP contribution in [-0.2, 0) is 18.3 Å². The van der Waals surface area contributed by atoms with Crippen molar-refractivity contribution in [2.45, 2.75) is 31.1 Å². The van der Waals surface area contributed by atoms with Crippen molar-refractivity contribution in [3.63, 3.8) is 0 Å². The molecule has 2 aliphatic rings. The van der Waals surface area contributed by atoms with E-state index >= 15 is 0 Å². The first kappa shape index (κ1) is 16.0. The summed E-state index contributed by atoms with van der Waals surface area (Å²) in [4.78, 5) is 11.5. The molecule has 4 rings (SSSR count). The van der Waals surface area contributed by atoms with Crippen molar-refractivity contribution in [2.24, 2.45) is 0 Å². The number of nitriles is 1. The highest BCUT2D eigenvalue weighted by Crippen LogP contribution is 2.37. The zero-order valence-corrected chi connectivity index (χ0v) is 14.4. The Hall–Kier alpha value is -2.45. The molecule has 5 heteroatoms. The van der Waals surface area contributed by atoms with Crippen molar-refractivity contribution in [1.29, 1.82) is 5.26 Å². The van der Waals surface area contributed by atoms with Gasteiger partial charge in [-0.2, -0.15) is 5.26 Å². The van der Waals surface area contributed by atoms with Crippen molar-refractivity contribution in [2.75, 3.05) is 31.1 Å². The molecule has 0 atom stereocenters. The topological polar surface area (TPSA) is 64.8 Å². The average molecular weight is 333 g/mol. The van der Waals surface area contributed by atoms with Crippen LogP contribution in [0.4, 0.5) is 5.82 Å². The van der Waals surface area contributed by atoms with Gasteiger partial charge in [0.15, 0.2) is 0 Å². The normalized spacial score (nSPS) is 19.6. The lowest BCUT2D eigenvalue weighted by Gasteiger charge is -2.39. The molecule has 1 aromatic heterocycles. The van der Waals surface area contributed by atoms with E-state index in [1.807, 2.05) is 18.2 Å². The van der Waals surface area contributed by atoms with Crippen LogP contribution in [0.1, 0.15) is 29.7 Å². The van der Waals surface area contributed by atoms with Crippen LogP contribution in [0.5, 0.6) is 0 Å². The Labute approximate surface area is 148 Å². The molecule has 0 aliphatic carbocycles. The molecule has 2 aromatic rings. The number of fused-ring (bicyclic) bond motifs is 1. The number of piperidine rings is 1. The fourth-order valence-corrected chi connectivity index (χ4v) is 4.05. The van der Waals surface area contributed by atoms with E-state index in [0.29, 0.717) is 0 Å². The van der Waals surface area contributed by atoms with Crippen molar-refractivity contribution in [1.82, 2.24) is 15.3 Å². The molecule has 0 radical (unpaired) electrons. The standard InChI is InChI=1S/C20H23N5/c21-14-20(16-4-2-1-3-5-16)8-12-25(13-9-20)19-17-6-10-22-11-7-18(17)23-15-24-19/h1-5,15,22H,6-13H2. The second kappa shape index (κ2) is 6.81. The highest BCUT2D eigenvalue weighted by Gasteiger charge is 2.37. The van der Waals surface area contributed by atoms with Gasteiger partial charge in [0.1, 0.15) is 12.1 Å². The number of nitrogens with zero attached hydrogens (tertiary/aromatic N) is 4. The molecule has 5 nitrogen and oxygen atoms in total. The van der Waals surface area contributed by atoms with Crippen molar-refractivity contribution >= 4 is 5.82 Å². The number of hydrogen-bond donors (Lipinski definition) is 1. The van der Waals surface area contributed by atoms with Gasteiger partial charge in [-0.1, -0.05) is 30.3 Å². The Bertz CT molecular complexity index is 772. The molecule has 128 valence electrons. The summed E-state index contributed by atoms with van der Waals surface area (Å²) in [6.45, 7) is 3.68.